The Morgan fingerprint density at radius 2 is 2.05 bits per heavy atom. The van der Waals surface area contributed by atoms with E-state index in [1.807, 2.05) is 12.1 Å². The molecule has 1 N–H and O–H groups in total. The Kier molecular flexibility index (Phi) is 4.45. The van der Waals surface area contributed by atoms with E-state index in [9.17, 15) is 4.39 Å². The molecule has 116 valence electrons. The van der Waals surface area contributed by atoms with E-state index >= 15 is 0 Å². The van der Waals surface area contributed by atoms with Gasteiger partial charge in [-0.25, -0.2) is 4.39 Å². The highest BCUT2D eigenvalue weighted by Crippen LogP contribution is 2.35. The van der Waals surface area contributed by atoms with E-state index in [0.717, 1.165) is 50.1 Å². The van der Waals surface area contributed by atoms with Gasteiger partial charge in [0.1, 0.15) is 5.82 Å². The summed E-state index contributed by atoms with van der Waals surface area (Å²) in [5.41, 5.74) is 1.83. The number of hydrogen-bond acceptors (Lipinski definition) is 3. The average Bonchev–Trinajstić information content (AvgIpc) is 2.83. The summed E-state index contributed by atoms with van der Waals surface area (Å²) in [5.74, 6) is -0.112. The van der Waals surface area contributed by atoms with Crippen molar-refractivity contribution in [3.63, 3.8) is 0 Å². The third kappa shape index (κ3) is 3.06. The molecule has 2 saturated heterocycles. The molecular formula is C17H25FN2O. The average molecular weight is 292 g/mol. The first-order valence-corrected chi connectivity index (χ1v) is 8.11. The summed E-state index contributed by atoms with van der Waals surface area (Å²) in [5, 5.41) is 3.47. The lowest BCUT2D eigenvalue weighted by Crippen LogP contribution is -2.43. The summed E-state index contributed by atoms with van der Waals surface area (Å²) in [7, 11) is 0. The Morgan fingerprint density at radius 3 is 2.71 bits per heavy atom. The van der Waals surface area contributed by atoms with Crippen molar-refractivity contribution in [2.45, 2.75) is 51.4 Å². The van der Waals surface area contributed by atoms with E-state index in [0.29, 0.717) is 0 Å². The highest BCUT2D eigenvalue weighted by Gasteiger charge is 2.35. The summed E-state index contributed by atoms with van der Waals surface area (Å²) in [4.78, 5) is 2.20. The van der Waals surface area contributed by atoms with Crippen molar-refractivity contribution >= 4 is 5.69 Å². The second-order valence-electron chi connectivity index (χ2n) is 6.22. The lowest BCUT2D eigenvalue weighted by Gasteiger charge is -2.36. The van der Waals surface area contributed by atoms with Crippen LogP contribution in [0.1, 0.15) is 44.7 Å². The lowest BCUT2D eigenvalue weighted by molar-refractivity contribution is 0.0302. The molecule has 2 aliphatic heterocycles. The first kappa shape index (κ1) is 14.8. The standard InChI is InChI=1S/C17H25FN2O/c1-3-9-19-12(2)15-5-4-6-16(18)17(15)20-10-13-7-8-14(11-20)21-13/h4-6,12-14,19H,3,7-11H2,1-2H3. The molecule has 2 aliphatic rings. The molecule has 21 heavy (non-hydrogen) atoms. The van der Waals surface area contributed by atoms with Crippen LogP contribution < -0.4 is 10.2 Å². The monoisotopic (exact) mass is 292 g/mol. The topological polar surface area (TPSA) is 24.5 Å². The van der Waals surface area contributed by atoms with Gasteiger partial charge in [-0.15, -0.1) is 0 Å². The number of nitrogens with zero attached hydrogens (tertiary/aromatic N) is 1. The van der Waals surface area contributed by atoms with E-state index in [4.69, 9.17) is 4.74 Å². The van der Waals surface area contributed by atoms with Crippen molar-refractivity contribution in [1.29, 1.82) is 0 Å². The van der Waals surface area contributed by atoms with Crippen LogP contribution in [0.4, 0.5) is 10.1 Å². The molecular weight excluding hydrogens is 267 g/mol. The molecule has 0 radical (unpaired) electrons. The SMILES string of the molecule is CCCNC(C)c1cccc(F)c1N1CC2CCC(C1)O2. The van der Waals surface area contributed by atoms with Gasteiger partial charge in [0.2, 0.25) is 0 Å². The van der Waals surface area contributed by atoms with E-state index in [-0.39, 0.29) is 24.1 Å². The molecule has 3 unspecified atom stereocenters. The first-order valence-electron chi connectivity index (χ1n) is 8.11. The van der Waals surface area contributed by atoms with Crippen LogP contribution in [0.3, 0.4) is 0 Å². The maximum absolute atomic E-state index is 14.5. The van der Waals surface area contributed by atoms with Crippen molar-refractivity contribution in [3.05, 3.63) is 29.6 Å². The summed E-state index contributed by atoms with van der Waals surface area (Å²) in [6.07, 6.45) is 3.84. The molecule has 2 heterocycles. The minimum Gasteiger partial charge on any atom is -0.371 e. The van der Waals surface area contributed by atoms with E-state index in [1.165, 1.54) is 0 Å². The number of para-hydroxylation sites is 1. The highest BCUT2D eigenvalue weighted by atomic mass is 19.1. The molecule has 0 aromatic heterocycles. The molecule has 0 aliphatic carbocycles. The minimum absolute atomic E-state index is 0.112. The van der Waals surface area contributed by atoms with Crippen LogP contribution in [0.15, 0.2) is 18.2 Å². The van der Waals surface area contributed by atoms with Crippen LogP contribution in [0.2, 0.25) is 0 Å². The highest BCUT2D eigenvalue weighted by molar-refractivity contribution is 5.57. The first-order chi connectivity index (χ1) is 10.2. The second-order valence-corrected chi connectivity index (χ2v) is 6.22. The van der Waals surface area contributed by atoms with Gasteiger partial charge in [-0.2, -0.15) is 0 Å². The van der Waals surface area contributed by atoms with Gasteiger partial charge < -0.3 is 15.0 Å². The fourth-order valence-electron chi connectivity index (χ4n) is 3.48. The normalized spacial score (nSPS) is 26.1. The van der Waals surface area contributed by atoms with E-state index in [2.05, 4.69) is 24.1 Å². The molecule has 2 bridgehead atoms. The third-order valence-corrected chi connectivity index (χ3v) is 4.54. The minimum atomic E-state index is -0.112. The van der Waals surface area contributed by atoms with Gasteiger partial charge in [0, 0.05) is 19.1 Å². The number of rotatable bonds is 5. The van der Waals surface area contributed by atoms with Crippen molar-refractivity contribution in [2.75, 3.05) is 24.5 Å². The Morgan fingerprint density at radius 1 is 1.33 bits per heavy atom. The number of hydrogen-bond donors (Lipinski definition) is 1. The van der Waals surface area contributed by atoms with Crippen LogP contribution in [0.5, 0.6) is 0 Å². The Bertz CT molecular complexity index is 482. The fraction of sp³-hybridized carbons (Fsp3) is 0.647. The number of halogens is 1. The van der Waals surface area contributed by atoms with Gasteiger partial charge in [0.25, 0.3) is 0 Å². The summed E-state index contributed by atoms with van der Waals surface area (Å²) < 4.78 is 20.4. The van der Waals surface area contributed by atoms with Crippen molar-refractivity contribution in [3.8, 4) is 0 Å². The lowest BCUT2D eigenvalue weighted by atomic mass is 10.0. The number of benzene rings is 1. The fourth-order valence-corrected chi connectivity index (χ4v) is 3.48. The largest absolute Gasteiger partial charge is 0.371 e. The maximum atomic E-state index is 14.5. The maximum Gasteiger partial charge on any atom is 0.146 e. The zero-order chi connectivity index (χ0) is 14.8. The Labute approximate surface area is 126 Å². The van der Waals surface area contributed by atoms with E-state index in [1.54, 1.807) is 6.07 Å². The molecule has 3 rings (SSSR count). The van der Waals surface area contributed by atoms with Gasteiger partial charge in [0.15, 0.2) is 0 Å². The van der Waals surface area contributed by atoms with Gasteiger partial charge >= 0.3 is 0 Å². The zero-order valence-electron chi connectivity index (χ0n) is 12.9. The summed E-state index contributed by atoms with van der Waals surface area (Å²) in [6.45, 7) is 6.83. The summed E-state index contributed by atoms with van der Waals surface area (Å²) >= 11 is 0. The number of ether oxygens (including phenoxy) is 1. The number of anilines is 1. The molecule has 0 amide bonds. The van der Waals surface area contributed by atoms with Gasteiger partial charge in [0.05, 0.1) is 17.9 Å². The number of morpholine rings is 1. The van der Waals surface area contributed by atoms with Crippen LogP contribution >= 0.6 is 0 Å². The Hall–Kier alpha value is -1.13. The molecule has 2 fully saturated rings. The summed E-state index contributed by atoms with van der Waals surface area (Å²) in [6, 6.07) is 5.59. The van der Waals surface area contributed by atoms with Crippen LogP contribution in [-0.4, -0.2) is 31.8 Å². The van der Waals surface area contributed by atoms with Gasteiger partial charge in [-0.1, -0.05) is 19.1 Å². The molecule has 3 nitrogen and oxygen atoms in total. The van der Waals surface area contributed by atoms with Crippen LogP contribution in [0.25, 0.3) is 0 Å². The smallest absolute Gasteiger partial charge is 0.146 e. The third-order valence-electron chi connectivity index (χ3n) is 4.54. The van der Waals surface area contributed by atoms with Gasteiger partial charge in [-0.3, -0.25) is 0 Å². The number of fused-ring (bicyclic) bond motifs is 2. The Balaban J connectivity index is 1.86. The quantitative estimate of drug-likeness (QED) is 0.901. The predicted molar refractivity (Wildman–Crippen MR) is 83.2 cm³/mol. The molecule has 0 saturated carbocycles. The van der Waals surface area contributed by atoms with Crippen LogP contribution in [0, 0.1) is 5.82 Å². The predicted octanol–water partition coefficient (Wildman–Crippen LogP) is 3.25. The molecule has 3 atom stereocenters. The van der Waals surface area contributed by atoms with Crippen molar-refractivity contribution in [1.82, 2.24) is 5.32 Å². The molecule has 1 aromatic rings. The van der Waals surface area contributed by atoms with Crippen molar-refractivity contribution in [2.24, 2.45) is 0 Å². The zero-order valence-corrected chi connectivity index (χ0v) is 12.9. The van der Waals surface area contributed by atoms with Crippen LogP contribution in [-0.2, 0) is 4.74 Å². The van der Waals surface area contributed by atoms with Gasteiger partial charge in [-0.05, 0) is 44.4 Å². The molecule has 1 aromatic carbocycles. The van der Waals surface area contributed by atoms with E-state index < -0.39 is 0 Å². The second kappa shape index (κ2) is 6.32. The molecule has 4 heteroatoms. The number of nitrogens with one attached hydrogen (secondary N) is 1. The van der Waals surface area contributed by atoms with Crippen molar-refractivity contribution < 1.29 is 9.13 Å². The molecule has 0 spiro atoms.